The van der Waals surface area contributed by atoms with Crippen molar-refractivity contribution in [1.29, 1.82) is 10.5 Å². The molecule has 0 aromatic rings. The van der Waals surface area contributed by atoms with Crippen molar-refractivity contribution >= 4 is 16.6 Å². The summed E-state index contributed by atoms with van der Waals surface area (Å²) < 4.78 is 12.3. The third-order valence-electron chi connectivity index (χ3n) is 3.14. The smallest absolute Gasteiger partial charge is 0.185 e. The van der Waals surface area contributed by atoms with Crippen molar-refractivity contribution in [3.8, 4) is 12.1 Å². The minimum absolute atomic E-state index is 0.377. The van der Waals surface area contributed by atoms with E-state index >= 15 is 0 Å². The van der Waals surface area contributed by atoms with Gasteiger partial charge in [-0.15, -0.1) is 0 Å². The van der Waals surface area contributed by atoms with Gasteiger partial charge in [-0.25, -0.2) is 0 Å². The molecule has 0 spiro atoms. The van der Waals surface area contributed by atoms with Gasteiger partial charge in [-0.2, -0.15) is 10.5 Å². The minimum Gasteiger partial charge on any atom is -0.400 e. The van der Waals surface area contributed by atoms with Crippen LogP contribution in [0.1, 0.15) is 25.7 Å². The number of hydrogen-bond acceptors (Lipinski definition) is 4. The third kappa shape index (κ3) is 4.71. The molecule has 1 saturated carbocycles. The fourth-order valence-corrected chi connectivity index (χ4v) is 5.66. The van der Waals surface area contributed by atoms with Crippen LogP contribution in [0.4, 0.5) is 0 Å². The SMILES string of the molecule is C[Si](C)(C)OC1(C#N)CCCC(C#N)(O[Si](C)(C)C)C1. The lowest BCUT2D eigenvalue weighted by Gasteiger charge is -2.45. The molecule has 6 heteroatoms. The maximum absolute atomic E-state index is 9.62. The third-order valence-corrected chi connectivity index (χ3v) is 5.15. The van der Waals surface area contributed by atoms with E-state index in [1.165, 1.54) is 0 Å². The van der Waals surface area contributed by atoms with E-state index in [4.69, 9.17) is 8.85 Å². The molecule has 0 heterocycles. The Balaban J connectivity index is 3.04. The van der Waals surface area contributed by atoms with Crippen LogP contribution < -0.4 is 0 Å². The van der Waals surface area contributed by atoms with Crippen molar-refractivity contribution in [3.63, 3.8) is 0 Å². The monoisotopic (exact) mass is 310 g/mol. The van der Waals surface area contributed by atoms with Gasteiger partial charge in [0.25, 0.3) is 0 Å². The summed E-state index contributed by atoms with van der Waals surface area (Å²) in [7, 11) is -3.70. The standard InChI is InChI=1S/C14H26N2O2Si2/c1-19(2,3)17-13(11-15)8-7-9-14(10-13,12-16)18-20(4,5)6/h7-10H2,1-6H3. The Morgan fingerprint density at radius 3 is 1.40 bits per heavy atom. The molecular weight excluding hydrogens is 284 g/mol. The van der Waals surface area contributed by atoms with Crippen molar-refractivity contribution in [2.24, 2.45) is 0 Å². The predicted octanol–water partition coefficient (Wildman–Crippen LogP) is 3.79. The first-order valence-electron chi connectivity index (χ1n) is 7.18. The molecule has 2 atom stereocenters. The van der Waals surface area contributed by atoms with E-state index in [0.717, 1.165) is 6.42 Å². The van der Waals surface area contributed by atoms with Gasteiger partial charge in [0.2, 0.25) is 0 Å². The van der Waals surface area contributed by atoms with Gasteiger partial charge in [0.15, 0.2) is 16.6 Å². The van der Waals surface area contributed by atoms with Crippen LogP contribution in [0.15, 0.2) is 0 Å². The Morgan fingerprint density at radius 2 is 1.15 bits per heavy atom. The van der Waals surface area contributed by atoms with Crippen molar-refractivity contribution in [1.82, 2.24) is 0 Å². The Bertz CT molecular complexity index is 402. The summed E-state index contributed by atoms with van der Waals surface area (Å²) >= 11 is 0. The Labute approximate surface area is 124 Å². The molecule has 0 amide bonds. The van der Waals surface area contributed by atoms with E-state index in [2.05, 4.69) is 51.4 Å². The number of nitrogens with zero attached hydrogens (tertiary/aromatic N) is 2. The van der Waals surface area contributed by atoms with Crippen molar-refractivity contribution in [2.75, 3.05) is 0 Å². The fraction of sp³-hybridized carbons (Fsp3) is 0.857. The van der Waals surface area contributed by atoms with Crippen LogP contribution in [0, 0.1) is 22.7 Å². The predicted molar refractivity (Wildman–Crippen MR) is 84.0 cm³/mol. The second-order valence-corrected chi connectivity index (χ2v) is 16.5. The molecule has 0 N–H and O–H groups in total. The minimum atomic E-state index is -1.85. The molecule has 0 aromatic carbocycles. The average Bonchev–Trinajstić information content (AvgIpc) is 2.24. The highest BCUT2D eigenvalue weighted by Gasteiger charge is 2.50. The maximum atomic E-state index is 9.62. The van der Waals surface area contributed by atoms with Crippen LogP contribution in [0.25, 0.3) is 0 Å². The molecule has 1 fully saturated rings. The van der Waals surface area contributed by atoms with Crippen LogP contribution in [0.3, 0.4) is 0 Å². The average molecular weight is 311 g/mol. The largest absolute Gasteiger partial charge is 0.400 e. The van der Waals surface area contributed by atoms with Gasteiger partial charge in [-0.3, -0.25) is 0 Å². The second kappa shape index (κ2) is 5.61. The summed E-state index contributed by atoms with van der Waals surface area (Å²) in [5.74, 6) is 0. The lowest BCUT2D eigenvalue weighted by atomic mass is 9.76. The topological polar surface area (TPSA) is 66.0 Å². The summed E-state index contributed by atoms with van der Waals surface area (Å²) in [6.45, 7) is 12.5. The van der Waals surface area contributed by atoms with E-state index in [1.807, 2.05) is 0 Å². The molecule has 0 saturated heterocycles. The highest BCUT2D eigenvalue weighted by Crippen LogP contribution is 2.42. The molecule has 2 unspecified atom stereocenters. The highest BCUT2D eigenvalue weighted by molar-refractivity contribution is 6.70. The molecule has 1 rings (SSSR count). The lowest BCUT2D eigenvalue weighted by molar-refractivity contribution is -0.0217. The van der Waals surface area contributed by atoms with Crippen LogP contribution in [0.2, 0.25) is 39.3 Å². The summed E-state index contributed by atoms with van der Waals surface area (Å²) in [6, 6.07) is 4.69. The quantitative estimate of drug-likeness (QED) is 0.741. The number of hydrogen-bond donors (Lipinski definition) is 0. The second-order valence-electron chi connectivity index (χ2n) is 7.67. The number of rotatable bonds is 4. The molecular formula is C14H26N2O2Si2. The Kier molecular flexibility index (Phi) is 4.88. The first-order valence-corrected chi connectivity index (χ1v) is 14.0. The zero-order valence-corrected chi connectivity index (χ0v) is 15.5. The van der Waals surface area contributed by atoms with Gasteiger partial charge in [0.1, 0.15) is 11.2 Å². The lowest BCUT2D eigenvalue weighted by Crippen LogP contribution is -2.53. The molecule has 20 heavy (non-hydrogen) atoms. The summed E-state index contributed by atoms with van der Waals surface area (Å²) in [4.78, 5) is 0. The van der Waals surface area contributed by atoms with Gasteiger partial charge in [0.05, 0.1) is 12.1 Å². The fourth-order valence-electron chi connectivity index (χ4n) is 2.88. The van der Waals surface area contributed by atoms with Crippen molar-refractivity contribution in [2.45, 2.75) is 76.2 Å². The maximum Gasteiger partial charge on any atom is 0.185 e. The van der Waals surface area contributed by atoms with Crippen LogP contribution in [-0.4, -0.2) is 27.8 Å². The Hall–Kier alpha value is -0.666. The van der Waals surface area contributed by atoms with Crippen LogP contribution in [-0.2, 0) is 8.85 Å². The van der Waals surface area contributed by atoms with Crippen molar-refractivity contribution in [3.05, 3.63) is 0 Å². The van der Waals surface area contributed by atoms with Crippen LogP contribution >= 0.6 is 0 Å². The Morgan fingerprint density at radius 1 is 0.800 bits per heavy atom. The zero-order chi connectivity index (χ0) is 15.7. The van der Waals surface area contributed by atoms with E-state index in [-0.39, 0.29) is 0 Å². The van der Waals surface area contributed by atoms with Gasteiger partial charge < -0.3 is 8.85 Å². The summed E-state index contributed by atoms with van der Waals surface area (Å²) in [5, 5.41) is 19.2. The van der Waals surface area contributed by atoms with E-state index in [1.54, 1.807) is 0 Å². The first-order chi connectivity index (χ1) is 8.95. The van der Waals surface area contributed by atoms with Gasteiger partial charge in [-0.1, -0.05) is 0 Å². The summed E-state index contributed by atoms with van der Waals surface area (Å²) in [5.41, 5.74) is -1.70. The summed E-state index contributed by atoms with van der Waals surface area (Å²) in [6.07, 6.45) is 2.58. The molecule has 4 nitrogen and oxygen atoms in total. The molecule has 0 bridgehead atoms. The molecule has 0 aromatic heterocycles. The molecule has 1 aliphatic carbocycles. The molecule has 0 aliphatic heterocycles. The first kappa shape index (κ1) is 17.4. The van der Waals surface area contributed by atoms with Gasteiger partial charge >= 0.3 is 0 Å². The van der Waals surface area contributed by atoms with E-state index in [9.17, 15) is 10.5 Å². The molecule has 112 valence electrons. The normalized spacial score (nSPS) is 31.4. The van der Waals surface area contributed by atoms with Gasteiger partial charge in [0, 0.05) is 6.42 Å². The van der Waals surface area contributed by atoms with Crippen LogP contribution in [0.5, 0.6) is 0 Å². The van der Waals surface area contributed by atoms with Crippen molar-refractivity contribution < 1.29 is 8.85 Å². The van der Waals surface area contributed by atoms with E-state index < -0.39 is 27.8 Å². The van der Waals surface area contributed by atoms with Gasteiger partial charge in [-0.05, 0) is 58.5 Å². The van der Waals surface area contributed by atoms with E-state index in [0.29, 0.717) is 19.3 Å². The molecule has 0 radical (unpaired) electrons. The number of nitriles is 2. The zero-order valence-electron chi connectivity index (χ0n) is 13.5. The highest BCUT2D eigenvalue weighted by atomic mass is 28.4. The molecule has 1 aliphatic rings.